The second-order valence-electron chi connectivity index (χ2n) is 4.47. The highest BCUT2D eigenvalue weighted by Crippen LogP contribution is 2.08. The van der Waals surface area contributed by atoms with Gasteiger partial charge in [-0.3, -0.25) is 0 Å². The summed E-state index contributed by atoms with van der Waals surface area (Å²) in [6, 6.07) is 8.13. The third kappa shape index (κ3) is 5.17. The molecule has 0 saturated heterocycles. The lowest BCUT2D eigenvalue weighted by Gasteiger charge is -2.15. The molecule has 0 fully saturated rings. The Labute approximate surface area is 97.4 Å². The highest BCUT2D eigenvalue weighted by atomic mass is 35.5. The Hall–Kier alpha value is -0.570. The molecule has 0 spiro atoms. The standard InChI is InChI=1S/C12H19ClN2/c1-14(2)8-9-15(3)10-11-4-6-12(13)7-5-11/h4-7H,8-10H2,1-3H3/p+2. The van der Waals surface area contributed by atoms with Gasteiger partial charge >= 0.3 is 0 Å². The van der Waals surface area contributed by atoms with Gasteiger partial charge in [-0.05, 0) is 12.1 Å². The quantitative estimate of drug-likeness (QED) is 0.673. The molecule has 1 unspecified atom stereocenters. The molecular formula is C12H21ClN2+2. The van der Waals surface area contributed by atoms with E-state index in [0.29, 0.717) is 0 Å². The molecule has 0 heterocycles. The Morgan fingerprint density at radius 3 is 2.13 bits per heavy atom. The van der Waals surface area contributed by atoms with E-state index in [0.717, 1.165) is 11.6 Å². The summed E-state index contributed by atoms with van der Waals surface area (Å²) >= 11 is 5.84. The van der Waals surface area contributed by atoms with E-state index in [1.807, 2.05) is 12.1 Å². The Morgan fingerprint density at radius 2 is 1.60 bits per heavy atom. The first-order valence-corrected chi connectivity index (χ1v) is 5.80. The maximum atomic E-state index is 5.84. The zero-order valence-corrected chi connectivity index (χ0v) is 10.6. The molecule has 1 aromatic rings. The van der Waals surface area contributed by atoms with Gasteiger partial charge < -0.3 is 9.80 Å². The maximum Gasteiger partial charge on any atom is 0.127 e. The van der Waals surface area contributed by atoms with Gasteiger partial charge in [-0.1, -0.05) is 23.7 Å². The lowest BCUT2D eigenvalue weighted by Crippen LogP contribution is -3.15. The van der Waals surface area contributed by atoms with Crippen LogP contribution in [0.15, 0.2) is 24.3 Å². The fourth-order valence-corrected chi connectivity index (χ4v) is 1.63. The molecule has 1 atom stereocenters. The van der Waals surface area contributed by atoms with E-state index in [2.05, 4.69) is 33.3 Å². The molecule has 3 heteroatoms. The van der Waals surface area contributed by atoms with E-state index >= 15 is 0 Å². The third-order valence-corrected chi connectivity index (χ3v) is 2.72. The van der Waals surface area contributed by atoms with Crippen molar-refractivity contribution in [1.82, 2.24) is 0 Å². The van der Waals surface area contributed by atoms with Crippen LogP contribution < -0.4 is 9.80 Å². The fourth-order valence-electron chi connectivity index (χ4n) is 1.50. The van der Waals surface area contributed by atoms with Gasteiger partial charge in [0.05, 0.1) is 21.1 Å². The van der Waals surface area contributed by atoms with Gasteiger partial charge in [-0.25, -0.2) is 0 Å². The van der Waals surface area contributed by atoms with Crippen LogP contribution in [0.3, 0.4) is 0 Å². The number of rotatable bonds is 5. The second-order valence-corrected chi connectivity index (χ2v) is 4.90. The van der Waals surface area contributed by atoms with Crippen molar-refractivity contribution >= 4 is 11.6 Å². The first-order valence-electron chi connectivity index (χ1n) is 5.42. The Kier molecular flexibility index (Phi) is 5.09. The van der Waals surface area contributed by atoms with E-state index in [1.54, 1.807) is 4.90 Å². The normalized spacial score (nSPS) is 13.1. The van der Waals surface area contributed by atoms with Crippen LogP contribution in [0.1, 0.15) is 5.56 Å². The smallest absolute Gasteiger partial charge is 0.127 e. The summed E-state index contributed by atoms with van der Waals surface area (Å²) in [7, 11) is 6.61. The molecule has 0 aliphatic rings. The molecule has 1 aromatic carbocycles. The predicted octanol–water partition coefficient (Wildman–Crippen LogP) is -0.501. The monoisotopic (exact) mass is 228 g/mol. The molecule has 0 amide bonds. The van der Waals surface area contributed by atoms with Gasteiger partial charge in [-0.15, -0.1) is 0 Å². The number of likely N-dealkylation sites (N-methyl/N-ethyl adjacent to an activating group) is 2. The molecule has 2 nitrogen and oxygen atoms in total. The van der Waals surface area contributed by atoms with E-state index in [1.165, 1.54) is 23.6 Å². The average Bonchev–Trinajstić information content (AvgIpc) is 2.19. The maximum absolute atomic E-state index is 5.84. The van der Waals surface area contributed by atoms with Crippen molar-refractivity contribution < 1.29 is 9.80 Å². The summed E-state index contributed by atoms with van der Waals surface area (Å²) in [6.45, 7) is 3.48. The van der Waals surface area contributed by atoms with Crippen LogP contribution >= 0.6 is 11.6 Å². The molecule has 0 aliphatic carbocycles. The van der Waals surface area contributed by atoms with Gasteiger partial charge in [0.25, 0.3) is 0 Å². The van der Waals surface area contributed by atoms with Crippen molar-refractivity contribution in [2.24, 2.45) is 0 Å². The molecule has 0 radical (unpaired) electrons. The van der Waals surface area contributed by atoms with Crippen LogP contribution in [0.25, 0.3) is 0 Å². The molecule has 0 saturated carbocycles. The van der Waals surface area contributed by atoms with Crippen molar-refractivity contribution in [2.45, 2.75) is 6.54 Å². The van der Waals surface area contributed by atoms with Crippen LogP contribution in [-0.4, -0.2) is 34.2 Å². The second kappa shape index (κ2) is 6.11. The van der Waals surface area contributed by atoms with Crippen LogP contribution in [0.2, 0.25) is 5.02 Å². The highest BCUT2D eigenvalue weighted by molar-refractivity contribution is 6.30. The zero-order chi connectivity index (χ0) is 11.3. The largest absolute Gasteiger partial charge is 0.335 e. The molecule has 0 aliphatic heterocycles. The zero-order valence-electron chi connectivity index (χ0n) is 9.81. The molecular weight excluding hydrogens is 208 g/mol. The van der Waals surface area contributed by atoms with E-state index in [4.69, 9.17) is 11.6 Å². The number of hydrogen-bond acceptors (Lipinski definition) is 0. The summed E-state index contributed by atoms with van der Waals surface area (Å²) in [4.78, 5) is 3.05. The van der Waals surface area contributed by atoms with Crippen molar-refractivity contribution in [3.05, 3.63) is 34.9 Å². The number of nitrogens with one attached hydrogen (secondary N) is 2. The van der Waals surface area contributed by atoms with Crippen molar-refractivity contribution in [1.29, 1.82) is 0 Å². The van der Waals surface area contributed by atoms with E-state index in [9.17, 15) is 0 Å². The number of hydrogen-bond donors (Lipinski definition) is 2. The first kappa shape index (κ1) is 12.5. The van der Waals surface area contributed by atoms with Gasteiger partial charge in [0, 0.05) is 10.6 Å². The van der Waals surface area contributed by atoms with E-state index < -0.39 is 0 Å². The number of halogens is 1. The van der Waals surface area contributed by atoms with Gasteiger partial charge in [0.2, 0.25) is 0 Å². The highest BCUT2D eigenvalue weighted by Gasteiger charge is 2.05. The first-order chi connectivity index (χ1) is 7.08. The minimum absolute atomic E-state index is 0.814. The number of quaternary nitrogens is 2. The Bertz CT molecular complexity index is 282. The van der Waals surface area contributed by atoms with Gasteiger partial charge in [-0.2, -0.15) is 0 Å². The molecule has 84 valence electrons. The SMILES string of the molecule is C[NH+](C)CC[NH+](C)Cc1ccc(Cl)cc1. The summed E-state index contributed by atoms with van der Waals surface area (Å²) in [5.74, 6) is 0. The van der Waals surface area contributed by atoms with Crippen molar-refractivity contribution in [3.8, 4) is 0 Å². The topological polar surface area (TPSA) is 8.88 Å². The molecule has 0 bridgehead atoms. The summed E-state index contributed by atoms with van der Waals surface area (Å²) in [5.41, 5.74) is 1.35. The predicted molar refractivity (Wildman–Crippen MR) is 64.6 cm³/mol. The van der Waals surface area contributed by atoms with Gasteiger partial charge in [0.15, 0.2) is 0 Å². The van der Waals surface area contributed by atoms with E-state index in [-0.39, 0.29) is 0 Å². The van der Waals surface area contributed by atoms with Crippen molar-refractivity contribution in [2.75, 3.05) is 34.2 Å². The minimum atomic E-state index is 0.814. The Balaban J connectivity index is 2.37. The molecule has 2 N–H and O–H groups in total. The van der Waals surface area contributed by atoms with Crippen LogP contribution in [0.5, 0.6) is 0 Å². The van der Waals surface area contributed by atoms with Crippen molar-refractivity contribution in [3.63, 3.8) is 0 Å². The van der Waals surface area contributed by atoms with Gasteiger partial charge in [0.1, 0.15) is 19.6 Å². The fraction of sp³-hybridized carbons (Fsp3) is 0.500. The van der Waals surface area contributed by atoms with Crippen LogP contribution in [0, 0.1) is 0 Å². The molecule has 15 heavy (non-hydrogen) atoms. The lowest BCUT2D eigenvalue weighted by atomic mass is 10.2. The molecule has 0 aromatic heterocycles. The summed E-state index contributed by atoms with van der Waals surface area (Å²) < 4.78 is 0. The van der Waals surface area contributed by atoms with Crippen LogP contribution in [-0.2, 0) is 6.54 Å². The average molecular weight is 229 g/mol. The van der Waals surface area contributed by atoms with Crippen LogP contribution in [0.4, 0.5) is 0 Å². The lowest BCUT2D eigenvalue weighted by molar-refractivity contribution is -0.937. The Morgan fingerprint density at radius 1 is 1.00 bits per heavy atom. The third-order valence-electron chi connectivity index (χ3n) is 2.47. The molecule has 1 rings (SSSR count). The summed E-state index contributed by atoms with van der Waals surface area (Å²) in [5, 5.41) is 0.814. The number of benzene rings is 1. The summed E-state index contributed by atoms with van der Waals surface area (Å²) in [6.07, 6.45) is 0. The minimum Gasteiger partial charge on any atom is -0.335 e.